The van der Waals surface area contributed by atoms with Crippen molar-refractivity contribution in [3.05, 3.63) is 23.9 Å². The zero-order valence-electron chi connectivity index (χ0n) is 10.6. The molecular formula is C11H13ClN6S. The topological polar surface area (TPSA) is 67.7 Å². The normalized spacial score (nSPS) is 10.5. The Morgan fingerprint density at radius 3 is 2.63 bits per heavy atom. The van der Waals surface area contributed by atoms with Crippen molar-refractivity contribution in [2.75, 3.05) is 18.0 Å². The number of nitrogens with zero attached hydrogens (tertiary/aromatic N) is 6. The fourth-order valence-electron chi connectivity index (χ4n) is 1.45. The van der Waals surface area contributed by atoms with E-state index in [1.54, 1.807) is 12.3 Å². The lowest BCUT2D eigenvalue weighted by Gasteiger charge is -2.18. The molecule has 2 aromatic rings. The molecule has 0 bridgehead atoms. The van der Waals surface area contributed by atoms with E-state index in [9.17, 15) is 0 Å². The average Bonchev–Trinajstić information content (AvgIpc) is 2.40. The number of anilines is 1. The van der Waals surface area contributed by atoms with Gasteiger partial charge in [-0.2, -0.15) is 15.0 Å². The quantitative estimate of drug-likeness (QED) is 0.784. The van der Waals surface area contributed by atoms with Gasteiger partial charge in [0.05, 0.1) is 0 Å². The Labute approximate surface area is 120 Å². The molecule has 2 rings (SSSR count). The van der Waals surface area contributed by atoms with Crippen molar-refractivity contribution >= 4 is 29.3 Å². The van der Waals surface area contributed by atoms with Crippen LogP contribution in [-0.2, 0) is 0 Å². The van der Waals surface area contributed by atoms with Gasteiger partial charge in [0.15, 0.2) is 5.16 Å². The molecule has 0 aliphatic carbocycles. The lowest BCUT2D eigenvalue weighted by atomic mass is 10.5. The Morgan fingerprint density at radius 2 is 2.00 bits per heavy atom. The van der Waals surface area contributed by atoms with Crippen LogP contribution in [0, 0.1) is 0 Å². The lowest BCUT2D eigenvalue weighted by molar-refractivity contribution is 0.781. The van der Waals surface area contributed by atoms with Crippen LogP contribution in [0.3, 0.4) is 0 Å². The zero-order chi connectivity index (χ0) is 13.7. The zero-order valence-corrected chi connectivity index (χ0v) is 12.2. The van der Waals surface area contributed by atoms with Crippen molar-refractivity contribution in [3.8, 4) is 0 Å². The molecule has 0 amide bonds. The molecule has 0 radical (unpaired) electrons. The fraction of sp³-hybridized carbons (Fsp3) is 0.364. The van der Waals surface area contributed by atoms with Crippen LogP contribution >= 0.6 is 23.4 Å². The molecular weight excluding hydrogens is 284 g/mol. The van der Waals surface area contributed by atoms with Crippen LogP contribution in [-0.4, -0.2) is 38.0 Å². The van der Waals surface area contributed by atoms with E-state index in [0.29, 0.717) is 11.1 Å². The first-order chi connectivity index (χ1) is 9.22. The van der Waals surface area contributed by atoms with Crippen LogP contribution < -0.4 is 4.90 Å². The fourth-order valence-corrected chi connectivity index (χ4v) is 2.33. The maximum absolute atomic E-state index is 5.94. The van der Waals surface area contributed by atoms with E-state index in [-0.39, 0.29) is 5.28 Å². The highest BCUT2D eigenvalue weighted by Crippen LogP contribution is 2.24. The first-order valence-corrected chi connectivity index (χ1v) is 7.02. The lowest BCUT2D eigenvalue weighted by Crippen LogP contribution is -2.24. The van der Waals surface area contributed by atoms with Crippen molar-refractivity contribution < 1.29 is 0 Å². The number of aromatic nitrogens is 5. The third kappa shape index (κ3) is 3.74. The summed E-state index contributed by atoms with van der Waals surface area (Å²) in [5.41, 5.74) is 0. The minimum atomic E-state index is 0.188. The average molecular weight is 297 g/mol. The molecule has 2 aromatic heterocycles. The van der Waals surface area contributed by atoms with Crippen molar-refractivity contribution in [3.63, 3.8) is 0 Å². The maximum atomic E-state index is 5.94. The molecule has 100 valence electrons. The van der Waals surface area contributed by atoms with Gasteiger partial charge in [0.1, 0.15) is 11.4 Å². The summed E-state index contributed by atoms with van der Waals surface area (Å²) >= 11 is 7.27. The highest BCUT2D eigenvalue weighted by Gasteiger charge is 2.11. The van der Waals surface area contributed by atoms with E-state index < -0.39 is 0 Å². The van der Waals surface area contributed by atoms with E-state index in [2.05, 4.69) is 24.9 Å². The van der Waals surface area contributed by atoms with E-state index in [1.807, 2.05) is 18.7 Å². The summed E-state index contributed by atoms with van der Waals surface area (Å²) in [6.07, 6.45) is 3.15. The summed E-state index contributed by atoms with van der Waals surface area (Å²) in [6.45, 7) is 5.71. The smallest absolute Gasteiger partial charge is 0.230 e. The molecule has 0 unspecified atom stereocenters. The van der Waals surface area contributed by atoms with Gasteiger partial charge in [-0.3, -0.25) is 0 Å². The van der Waals surface area contributed by atoms with Gasteiger partial charge in [-0.1, -0.05) is 0 Å². The summed E-state index contributed by atoms with van der Waals surface area (Å²) in [5.74, 6) is 0.585. The van der Waals surface area contributed by atoms with Crippen LogP contribution in [0.4, 0.5) is 5.95 Å². The summed E-state index contributed by atoms with van der Waals surface area (Å²) in [4.78, 5) is 22.6. The first kappa shape index (κ1) is 14.0. The molecule has 6 nitrogen and oxygen atoms in total. The molecule has 2 heterocycles. The van der Waals surface area contributed by atoms with Crippen LogP contribution in [0.15, 0.2) is 28.8 Å². The second kappa shape index (κ2) is 6.63. The predicted molar refractivity (Wildman–Crippen MR) is 74.6 cm³/mol. The Kier molecular flexibility index (Phi) is 4.86. The molecule has 0 saturated carbocycles. The maximum Gasteiger partial charge on any atom is 0.230 e. The number of hydrogen-bond donors (Lipinski definition) is 0. The minimum absolute atomic E-state index is 0.188. The van der Waals surface area contributed by atoms with E-state index >= 15 is 0 Å². The third-order valence-electron chi connectivity index (χ3n) is 2.37. The molecule has 0 aromatic carbocycles. The minimum Gasteiger partial charge on any atom is -0.341 e. The summed E-state index contributed by atoms with van der Waals surface area (Å²) in [7, 11) is 0. The molecule has 0 saturated heterocycles. The molecule has 0 atom stereocenters. The van der Waals surface area contributed by atoms with Crippen LogP contribution in [0.1, 0.15) is 13.8 Å². The highest BCUT2D eigenvalue weighted by atomic mass is 35.5. The van der Waals surface area contributed by atoms with Gasteiger partial charge >= 0.3 is 0 Å². The van der Waals surface area contributed by atoms with Crippen molar-refractivity contribution in [1.29, 1.82) is 0 Å². The number of halogens is 1. The van der Waals surface area contributed by atoms with Crippen LogP contribution in [0.5, 0.6) is 0 Å². The van der Waals surface area contributed by atoms with Gasteiger partial charge in [0, 0.05) is 19.3 Å². The highest BCUT2D eigenvalue weighted by molar-refractivity contribution is 7.99. The predicted octanol–water partition coefficient (Wildman–Crippen LogP) is 2.31. The van der Waals surface area contributed by atoms with Gasteiger partial charge in [0.2, 0.25) is 11.2 Å². The second-order valence-corrected chi connectivity index (χ2v) is 4.83. The van der Waals surface area contributed by atoms with Crippen LogP contribution in [0.2, 0.25) is 5.28 Å². The van der Waals surface area contributed by atoms with Crippen molar-refractivity contribution in [1.82, 2.24) is 24.9 Å². The van der Waals surface area contributed by atoms with Gasteiger partial charge in [-0.15, -0.1) is 0 Å². The molecule has 0 fully saturated rings. The Hall–Kier alpha value is -1.47. The van der Waals surface area contributed by atoms with Gasteiger partial charge < -0.3 is 4.90 Å². The molecule has 0 N–H and O–H groups in total. The van der Waals surface area contributed by atoms with E-state index in [4.69, 9.17) is 11.6 Å². The summed E-state index contributed by atoms with van der Waals surface area (Å²) < 4.78 is 0. The monoisotopic (exact) mass is 296 g/mol. The molecule has 0 aliphatic heterocycles. The third-order valence-corrected chi connectivity index (χ3v) is 3.36. The van der Waals surface area contributed by atoms with E-state index in [0.717, 1.165) is 18.1 Å². The second-order valence-electron chi connectivity index (χ2n) is 3.51. The van der Waals surface area contributed by atoms with Crippen molar-refractivity contribution in [2.45, 2.75) is 24.0 Å². The largest absolute Gasteiger partial charge is 0.341 e. The summed E-state index contributed by atoms with van der Waals surface area (Å²) in [5, 5.41) is 1.48. The van der Waals surface area contributed by atoms with E-state index in [1.165, 1.54) is 18.1 Å². The van der Waals surface area contributed by atoms with Gasteiger partial charge in [0.25, 0.3) is 0 Å². The molecule has 19 heavy (non-hydrogen) atoms. The number of rotatable bonds is 5. The SMILES string of the molecule is CCN(CC)c1nc(Cl)nc(Sc2ccncn2)n1. The Morgan fingerprint density at radius 1 is 1.21 bits per heavy atom. The Balaban J connectivity index is 2.26. The molecule has 8 heteroatoms. The molecule has 0 aliphatic rings. The summed E-state index contributed by atoms with van der Waals surface area (Å²) in [6, 6.07) is 1.79. The first-order valence-electron chi connectivity index (χ1n) is 5.83. The molecule has 0 spiro atoms. The van der Waals surface area contributed by atoms with Crippen LogP contribution in [0.25, 0.3) is 0 Å². The standard InChI is InChI=1S/C11H13ClN6S/c1-3-18(4-2)10-15-9(12)16-11(17-10)19-8-5-6-13-7-14-8/h5-7H,3-4H2,1-2H3. The van der Waals surface area contributed by atoms with Gasteiger partial charge in [-0.05, 0) is 43.3 Å². The number of hydrogen-bond acceptors (Lipinski definition) is 7. The van der Waals surface area contributed by atoms with Crippen molar-refractivity contribution in [2.24, 2.45) is 0 Å². The Bertz CT molecular complexity index is 534. The van der Waals surface area contributed by atoms with Gasteiger partial charge in [-0.25, -0.2) is 9.97 Å².